The summed E-state index contributed by atoms with van der Waals surface area (Å²) in [6, 6.07) is 11.9. The predicted octanol–water partition coefficient (Wildman–Crippen LogP) is 3.63. The van der Waals surface area contributed by atoms with Gasteiger partial charge in [0.05, 0.1) is 20.9 Å². The Kier molecular flexibility index (Phi) is 6.61. The van der Waals surface area contributed by atoms with E-state index in [1.54, 1.807) is 18.2 Å². The molecule has 0 fully saturated rings. The number of benzene rings is 2. The largest absolute Gasteiger partial charge is 0.316 e. The molecule has 2 aromatic carbocycles. The maximum Gasteiger partial charge on any atom is 0.258 e. The van der Waals surface area contributed by atoms with Crippen LogP contribution in [-0.4, -0.2) is 24.6 Å². The number of primary sulfonamides is 1. The van der Waals surface area contributed by atoms with Gasteiger partial charge in [-0.25, -0.2) is 13.6 Å². The second-order valence-electron chi connectivity index (χ2n) is 5.96. The normalized spacial score (nSPS) is 12.6. The molecule has 1 heterocycles. The minimum Gasteiger partial charge on any atom is -0.316 e. The fourth-order valence-corrected chi connectivity index (χ4v) is 5.11. The fraction of sp³-hybridized carbons (Fsp3) is 0.222. The Bertz CT molecular complexity index is 1180. The number of thioether (sulfide) groups is 1. The molecule has 0 atom stereocenters. The number of hydrogen-bond acceptors (Lipinski definition) is 5. The zero-order valence-electron chi connectivity index (χ0n) is 15.0. The van der Waals surface area contributed by atoms with Crippen LogP contribution < -0.4 is 9.94 Å². The summed E-state index contributed by atoms with van der Waals surface area (Å²) in [5, 5.41) is 5.86. The molecule has 0 spiro atoms. The smallest absolute Gasteiger partial charge is 0.258 e. The fourth-order valence-electron chi connectivity index (χ4n) is 2.57. The minimum atomic E-state index is -3.79. The van der Waals surface area contributed by atoms with E-state index in [1.807, 2.05) is 23.6 Å². The number of thiazole rings is 1. The summed E-state index contributed by atoms with van der Waals surface area (Å²) in [4.78, 5) is 18.2. The molecular formula is C18H18ClN3O3S3. The third-order valence-electron chi connectivity index (χ3n) is 3.83. The number of rotatable bonds is 6. The Morgan fingerprint density at radius 1 is 1.25 bits per heavy atom. The quantitative estimate of drug-likeness (QED) is 0.574. The molecule has 0 bridgehead atoms. The first-order valence-electron chi connectivity index (χ1n) is 8.40. The number of aryl methyl sites for hydroxylation is 1. The van der Waals surface area contributed by atoms with Crippen molar-refractivity contribution in [2.75, 3.05) is 5.75 Å². The van der Waals surface area contributed by atoms with Crippen molar-refractivity contribution < 1.29 is 13.2 Å². The number of halogens is 1. The summed E-state index contributed by atoms with van der Waals surface area (Å²) in [7, 11) is -3.79. The molecular weight excluding hydrogens is 438 g/mol. The maximum atomic E-state index is 12.4. The predicted molar refractivity (Wildman–Crippen MR) is 114 cm³/mol. The van der Waals surface area contributed by atoms with Crippen LogP contribution in [0, 0.1) is 0 Å². The molecule has 0 saturated heterocycles. The van der Waals surface area contributed by atoms with E-state index in [0.717, 1.165) is 21.5 Å². The standard InChI is InChI=1S/C18H18ClN3O3S3/c1-2-9-22-15-8-7-14(28(20,24)25)10-16(15)27-18(22)21-17(23)11-26-13-5-3-12(19)4-6-13/h3-8,10H,2,9,11H2,1H3,(H2,20,24,25). The third-order valence-corrected chi connectivity index (χ3v) is 7.03. The van der Waals surface area contributed by atoms with E-state index < -0.39 is 10.0 Å². The zero-order valence-corrected chi connectivity index (χ0v) is 18.2. The van der Waals surface area contributed by atoms with Crippen molar-refractivity contribution in [3.63, 3.8) is 0 Å². The van der Waals surface area contributed by atoms with Crippen LogP contribution in [0.4, 0.5) is 0 Å². The molecule has 2 N–H and O–H groups in total. The average Bonchev–Trinajstić information content (AvgIpc) is 2.97. The van der Waals surface area contributed by atoms with Gasteiger partial charge in [0.1, 0.15) is 0 Å². The van der Waals surface area contributed by atoms with Gasteiger partial charge < -0.3 is 4.57 Å². The van der Waals surface area contributed by atoms with E-state index in [9.17, 15) is 13.2 Å². The van der Waals surface area contributed by atoms with Crippen molar-refractivity contribution in [1.29, 1.82) is 0 Å². The summed E-state index contributed by atoms with van der Waals surface area (Å²) >= 11 is 8.53. The van der Waals surface area contributed by atoms with E-state index in [0.29, 0.717) is 16.4 Å². The summed E-state index contributed by atoms with van der Waals surface area (Å²) in [5.74, 6) is -0.0622. The molecule has 0 aliphatic carbocycles. The van der Waals surface area contributed by atoms with Crippen molar-refractivity contribution in [2.24, 2.45) is 10.1 Å². The Balaban J connectivity index is 1.92. The van der Waals surface area contributed by atoms with E-state index in [-0.39, 0.29) is 16.6 Å². The second kappa shape index (κ2) is 8.79. The van der Waals surface area contributed by atoms with Crippen LogP contribution in [0.2, 0.25) is 5.02 Å². The van der Waals surface area contributed by atoms with Gasteiger partial charge in [0.25, 0.3) is 5.91 Å². The van der Waals surface area contributed by atoms with Crippen LogP contribution in [0.25, 0.3) is 10.2 Å². The van der Waals surface area contributed by atoms with Gasteiger partial charge in [-0.2, -0.15) is 4.99 Å². The molecule has 0 aliphatic heterocycles. The van der Waals surface area contributed by atoms with Crippen molar-refractivity contribution in [3.8, 4) is 0 Å². The Labute approximate surface area is 176 Å². The molecule has 28 heavy (non-hydrogen) atoms. The van der Waals surface area contributed by atoms with Gasteiger partial charge in [0.2, 0.25) is 10.0 Å². The summed E-state index contributed by atoms with van der Waals surface area (Å²) in [6.45, 7) is 2.70. The van der Waals surface area contributed by atoms with Crippen LogP contribution in [0.1, 0.15) is 13.3 Å². The van der Waals surface area contributed by atoms with E-state index in [1.165, 1.54) is 35.2 Å². The summed E-state index contributed by atoms with van der Waals surface area (Å²) in [5.41, 5.74) is 0.830. The van der Waals surface area contributed by atoms with Crippen molar-refractivity contribution in [1.82, 2.24) is 4.57 Å². The number of aromatic nitrogens is 1. The number of hydrogen-bond donors (Lipinski definition) is 1. The van der Waals surface area contributed by atoms with Crippen molar-refractivity contribution in [3.05, 3.63) is 52.3 Å². The molecule has 3 aromatic rings. The highest BCUT2D eigenvalue weighted by Crippen LogP contribution is 2.22. The van der Waals surface area contributed by atoms with Crippen LogP contribution in [-0.2, 0) is 21.4 Å². The first kappa shape index (κ1) is 21.1. The number of nitrogens with two attached hydrogens (primary N) is 1. The zero-order chi connectivity index (χ0) is 20.3. The van der Waals surface area contributed by atoms with Gasteiger partial charge >= 0.3 is 0 Å². The number of sulfonamides is 1. The monoisotopic (exact) mass is 455 g/mol. The highest BCUT2D eigenvalue weighted by Gasteiger charge is 2.13. The van der Waals surface area contributed by atoms with Crippen LogP contribution in [0.15, 0.2) is 57.2 Å². The molecule has 10 heteroatoms. The van der Waals surface area contributed by atoms with Gasteiger partial charge in [0, 0.05) is 16.5 Å². The summed E-state index contributed by atoms with van der Waals surface area (Å²) in [6.07, 6.45) is 0.851. The van der Waals surface area contributed by atoms with Crippen molar-refractivity contribution in [2.45, 2.75) is 29.7 Å². The van der Waals surface area contributed by atoms with E-state index in [2.05, 4.69) is 4.99 Å². The highest BCUT2D eigenvalue weighted by atomic mass is 35.5. The Morgan fingerprint density at radius 3 is 2.61 bits per heavy atom. The number of carbonyl (C=O) groups excluding carboxylic acids is 1. The van der Waals surface area contributed by atoms with Gasteiger partial charge in [-0.1, -0.05) is 29.9 Å². The molecule has 0 saturated carbocycles. The summed E-state index contributed by atoms with van der Waals surface area (Å²) < 4.78 is 25.8. The first-order chi connectivity index (χ1) is 13.3. The number of amides is 1. The number of fused-ring (bicyclic) bond motifs is 1. The molecule has 1 amide bonds. The second-order valence-corrected chi connectivity index (χ2v) is 10.0. The lowest BCUT2D eigenvalue weighted by Crippen LogP contribution is -2.17. The minimum absolute atomic E-state index is 0.0427. The molecule has 148 valence electrons. The average molecular weight is 456 g/mol. The SMILES string of the molecule is CCCn1c(=NC(=O)CSc2ccc(Cl)cc2)sc2cc(S(N)(=O)=O)ccc21. The lowest BCUT2D eigenvalue weighted by molar-refractivity contribution is -0.115. The van der Waals surface area contributed by atoms with Crippen molar-refractivity contribution >= 4 is 60.8 Å². The van der Waals surface area contributed by atoms with Gasteiger partial charge in [0.15, 0.2) is 4.80 Å². The molecule has 0 radical (unpaired) electrons. The number of carbonyl (C=O) groups is 1. The molecule has 1 aromatic heterocycles. The third kappa shape index (κ3) is 5.03. The molecule has 3 rings (SSSR count). The molecule has 0 unspecified atom stereocenters. The van der Waals surface area contributed by atoms with E-state index in [4.69, 9.17) is 16.7 Å². The van der Waals surface area contributed by atoms with Gasteiger partial charge in [-0.05, 0) is 48.9 Å². The maximum absolute atomic E-state index is 12.4. The van der Waals surface area contributed by atoms with Crippen LogP contribution >= 0.6 is 34.7 Å². The molecule has 6 nitrogen and oxygen atoms in total. The van der Waals surface area contributed by atoms with Crippen LogP contribution in [0.5, 0.6) is 0 Å². The van der Waals surface area contributed by atoms with Gasteiger partial charge in [-0.15, -0.1) is 11.8 Å². The Morgan fingerprint density at radius 2 is 1.96 bits per heavy atom. The highest BCUT2D eigenvalue weighted by molar-refractivity contribution is 8.00. The lowest BCUT2D eigenvalue weighted by Gasteiger charge is -2.03. The lowest BCUT2D eigenvalue weighted by atomic mass is 10.3. The first-order valence-corrected chi connectivity index (χ1v) is 12.1. The van der Waals surface area contributed by atoms with Gasteiger partial charge in [-0.3, -0.25) is 4.79 Å². The Hall–Kier alpha value is -1.65. The number of nitrogens with zero attached hydrogens (tertiary/aromatic N) is 2. The molecule has 0 aliphatic rings. The topological polar surface area (TPSA) is 94.5 Å². The van der Waals surface area contributed by atoms with Crippen LogP contribution in [0.3, 0.4) is 0 Å². The van der Waals surface area contributed by atoms with E-state index >= 15 is 0 Å².